The number of halogens is 1. The van der Waals surface area contributed by atoms with E-state index in [2.05, 4.69) is 53.0 Å². The van der Waals surface area contributed by atoms with Crippen molar-refractivity contribution in [3.8, 4) is 0 Å². The van der Waals surface area contributed by atoms with Crippen LogP contribution in [-0.4, -0.2) is 111 Å². The van der Waals surface area contributed by atoms with Gasteiger partial charge in [-0.05, 0) is 25.0 Å². The first-order valence-electron chi connectivity index (χ1n) is 11.4. The molecule has 3 heterocycles. The number of hydrogen-bond acceptors (Lipinski definition) is 6. The fraction of sp³-hybridized carbons (Fsp3) is 0.952. The Morgan fingerprint density at radius 1 is 1.07 bits per heavy atom. The van der Waals surface area contributed by atoms with Gasteiger partial charge in [-0.3, -0.25) is 14.8 Å². The maximum absolute atomic E-state index is 5.59. The van der Waals surface area contributed by atoms with E-state index in [4.69, 9.17) is 14.5 Å². The molecule has 0 spiro atoms. The molecule has 30 heavy (non-hydrogen) atoms. The summed E-state index contributed by atoms with van der Waals surface area (Å²) in [6, 6.07) is 0.498. The molecule has 3 saturated heterocycles. The molecule has 0 bridgehead atoms. The van der Waals surface area contributed by atoms with Crippen LogP contribution < -0.4 is 10.6 Å². The van der Waals surface area contributed by atoms with Crippen LogP contribution in [0.4, 0.5) is 0 Å². The second-order valence-corrected chi connectivity index (χ2v) is 9.77. The lowest BCUT2D eigenvalue weighted by Gasteiger charge is -2.42. The van der Waals surface area contributed by atoms with Crippen molar-refractivity contribution in [3.05, 3.63) is 0 Å². The average molecular weight is 556 g/mol. The topological polar surface area (TPSA) is 61.4 Å². The molecule has 3 aliphatic heterocycles. The molecule has 7 nitrogen and oxygen atoms in total. The van der Waals surface area contributed by atoms with Crippen molar-refractivity contribution >= 4 is 41.7 Å². The van der Waals surface area contributed by atoms with Crippen molar-refractivity contribution in [2.45, 2.75) is 38.8 Å². The van der Waals surface area contributed by atoms with E-state index >= 15 is 0 Å². The van der Waals surface area contributed by atoms with E-state index in [1.165, 1.54) is 17.9 Å². The predicted molar refractivity (Wildman–Crippen MR) is 137 cm³/mol. The van der Waals surface area contributed by atoms with Crippen LogP contribution in [0.3, 0.4) is 0 Å². The Labute approximate surface area is 204 Å². The number of aliphatic imine (C=N–C) groups is 1. The fourth-order valence-electron chi connectivity index (χ4n) is 4.57. The lowest BCUT2D eigenvalue weighted by molar-refractivity contribution is -0.0104. The number of hydrogen-bond donors (Lipinski definition) is 2. The highest BCUT2D eigenvalue weighted by Gasteiger charge is 2.40. The van der Waals surface area contributed by atoms with Gasteiger partial charge in [0.05, 0.1) is 38.5 Å². The molecule has 0 aromatic carbocycles. The average Bonchev–Trinajstić information content (AvgIpc) is 3.23. The van der Waals surface area contributed by atoms with Crippen molar-refractivity contribution in [3.63, 3.8) is 0 Å². The monoisotopic (exact) mass is 555 g/mol. The molecule has 0 aromatic heterocycles. The van der Waals surface area contributed by atoms with Crippen LogP contribution in [0.5, 0.6) is 0 Å². The Bertz CT molecular complexity index is 508. The van der Waals surface area contributed by atoms with Crippen molar-refractivity contribution in [2.24, 2.45) is 10.9 Å². The zero-order chi connectivity index (χ0) is 20.5. The van der Waals surface area contributed by atoms with Crippen molar-refractivity contribution in [2.75, 3.05) is 83.7 Å². The van der Waals surface area contributed by atoms with E-state index in [1.807, 2.05) is 0 Å². The molecule has 0 aliphatic carbocycles. The lowest BCUT2D eigenvalue weighted by Crippen LogP contribution is -2.56. The van der Waals surface area contributed by atoms with E-state index in [-0.39, 0.29) is 29.5 Å². The minimum absolute atomic E-state index is 0. The first-order chi connectivity index (χ1) is 14.1. The van der Waals surface area contributed by atoms with E-state index < -0.39 is 0 Å². The highest BCUT2D eigenvalue weighted by Crippen LogP contribution is 2.34. The maximum atomic E-state index is 5.59. The number of rotatable bonds is 8. The highest BCUT2D eigenvalue weighted by atomic mass is 127. The van der Waals surface area contributed by atoms with Gasteiger partial charge in [0.25, 0.3) is 0 Å². The summed E-state index contributed by atoms with van der Waals surface area (Å²) in [7, 11) is 0. The SMILES string of the molecule is CCNC(=NCC1(N2CCOCC2)CCSC1)NCC(C(C)C)N1CCOCC1.I. The van der Waals surface area contributed by atoms with Gasteiger partial charge in [0.2, 0.25) is 0 Å². The second-order valence-electron chi connectivity index (χ2n) is 8.66. The number of guanidine groups is 1. The van der Waals surface area contributed by atoms with Crippen LogP contribution in [0.25, 0.3) is 0 Å². The molecule has 2 atom stereocenters. The van der Waals surface area contributed by atoms with Gasteiger partial charge in [-0.1, -0.05) is 13.8 Å². The van der Waals surface area contributed by atoms with Crippen molar-refractivity contribution in [1.29, 1.82) is 0 Å². The zero-order valence-corrected chi connectivity index (χ0v) is 22.2. The normalized spacial score (nSPS) is 27.7. The third-order valence-electron chi connectivity index (χ3n) is 6.40. The first kappa shape index (κ1) is 26.4. The number of nitrogens with zero attached hydrogens (tertiary/aromatic N) is 3. The van der Waals surface area contributed by atoms with E-state index in [9.17, 15) is 0 Å². The third kappa shape index (κ3) is 7.37. The quantitative estimate of drug-likeness (QED) is 0.269. The van der Waals surface area contributed by atoms with E-state index in [0.29, 0.717) is 12.0 Å². The number of thioether (sulfide) groups is 1. The van der Waals surface area contributed by atoms with Gasteiger partial charge in [0.15, 0.2) is 5.96 Å². The largest absolute Gasteiger partial charge is 0.379 e. The second kappa shape index (κ2) is 13.7. The van der Waals surface area contributed by atoms with Gasteiger partial charge < -0.3 is 20.1 Å². The van der Waals surface area contributed by atoms with Crippen LogP contribution in [0.1, 0.15) is 27.2 Å². The summed E-state index contributed by atoms with van der Waals surface area (Å²) in [6.45, 7) is 16.9. The summed E-state index contributed by atoms with van der Waals surface area (Å²) < 4.78 is 11.1. The molecule has 3 rings (SSSR count). The Balaban J connectivity index is 0.00000320. The van der Waals surface area contributed by atoms with Crippen LogP contribution in [0, 0.1) is 5.92 Å². The molecule has 0 amide bonds. The number of nitrogens with one attached hydrogen (secondary N) is 2. The number of ether oxygens (including phenoxy) is 2. The van der Waals surface area contributed by atoms with Gasteiger partial charge in [-0.25, -0.2) is 0 Å². The molecule has 0 saturated carbocycles. The standard InChI is InChI=1S/C21H41N5O2S.HI/c1-4-22-20(23-15-19(18(2)3)25-6-10-27-11-7-25)24-16-21(5-14-29-17-21)26-8-12-28-13-9-26;/h18-19H,4-17H2,1-3H3,(H2,22,23,24);1H. The molecule has 2 unspecified atom stereocenters. The molecule has 3 fully saturated rings. The molecule has 9 heteroatoms. The zero-order valence-electron chi connectivity index (χ0n) is 19.0. The minimum atomic E-state index is 0. The molecule has 2 N–H and O–H groups in total. The van der Waals surface area contributed by atoms with Gasteiger partial charge >= 0.3 is 0 Å². The summed E-state index contributed by atoms with van der Waals surface area (Å²) in [5, 5.41) is 7.12. The summed E-state index contributed by atoms with van der Waals surface area (Å²) in [5.74, 6) is 3.96. The van der Waals surface area contributed by atoms with Gasteiger partial charge in [0, 0.05) is 51.1 Å². The van der Waals surface area contributed by atoms with Gasteiger partial charge in [0.1, 0.15) is 0 Å². The van der Waals surface area contributed by atoms with Crippen molar-refractivity contribution in [1.82, 2.24) is 20.4 Å². The third-order valence-corrected chi connectivity index (χ3v) is 7.64. The molecule has 3 aliphatic rings. The maximum Gasteiger partial charge on any atom is 0.191 e. The first-order valence-corrected chi connectivity index (χ1v) is 12.5. The Morgan fingerprint density at radius 2 is 1.73 bits per heavy atom. The molecular weight excluding hydrogens is 513 g/mol. The molecule has 176 valence electrons. The van der Waals surface area contributed by atoms with Crippen LogP contribution >= 0.6 is 35.7 Å². The lowest BCUT2D eigenvalue weighted by atomic mass is 9.96. The van der Waals surface area contributed by atoms with Crippen LogP contribution in [-0.2, 0) is 9.47 Å². The van der Waals surface area contributed by atoms with Gasteiger partial charge in [-0.15, -0.1) is 24.0 Å². The fourth-order valence-corrected chi connectivity index (χ4v) is 6.04. The summed E-state index contributed by atoms with van der Waals surface area (Å²) in [5.41, 5.74) is 0.193. The predicted octanol–water partition coefficient (Wildman–Crippen LogP) is 1.72. The van der Waals surface area contributed by atoms with Crippen molar-refractivity contribution < 1.29 is 9.47 Å². The smallest absolute Gasteiger partial charge is 0.191 e. The van der Waals surface area contributed by atoms with Crippen LogP contribution in [0.2, 0.25) is 0 Å². The van der Waals surface area contributed by atoms with E-state index in [1.54, 1.807) is 0 Å². The minimum Gasteiger partial charge on any atom is -0.379 e. The van der Waals surface area contributed by atoms with E-state index in [0.717, 1.165) is 78.2 Å². The molecule has 0 aromatic rings. The highest BCUT2D eigenvalue weighted by molar-refractivity contribution is 14.0. The Morgan fingerprint density at radius 3 is 2.30 bits per heavy atom. The summed E-state index contributed by atoms with van der Waals surface area (Å²) in [6.07, 6.45) is 1.23. The van der Waals surface area contributed by atoms with Crippen LogP contribution in [0.15, 0.2) is 4.99 Å². The summed E-state index contributed by atoms with van der Waals surface area (Å²) in [4.78, 5) is 10.3. The Kier molecular flexibility index (Phi) is 12.1. The Hall–Kier alpha value is 0.190. The molecular formula is C21H42IN5O2S. The summed E-state index contributed by atoms with van der Waals surface area (Å²) >= 11 is 2.07. The number of morpholine rings is 2. The molecule has 0 radical (unpaired) electrons. The van der Waals surface area contributed by atoms with Gasteiger partial charge in [-0.2, -0.15) is 11.8 Å².